The molecular formula is C13H11N3O3S. The van der Waals surface area contributed by atoms with Crippen LogP contribution >= 0.6 is 11.8 Å². The number of hydrogen-bond acceptors (Lipinski definition) is 5. The van der Waals surface area contributed by atoms with Crippen molar-refractivity contribution in [2.24, 2.45) is 0 Å². The van der Waals surface area contributed by atoms with Gasteiger partial charge >= 0.3 is 5.97 Å². The average Bonchev–Trinajstić information content (AvgIpc) is 2.46. The van der Waals surface area contributed by atoms with E-state index in [0.29, 0.717) is 5.69 Å². The maximum Gasteiger partial charge on any atom is 0.354 e. The number of nitrogens with one attached hydrogen (secondary N) is 1. The smallest absolute Gasteiger partial charge is 0.354 e. The van der Waals surface area contributed by atoms with Crippen molar-refractivity contribution < 1.29 is 14.7 Å². The van der Waals surface area contributed by atoms with Crippen LogP contribution in [-0.2, 0) is 4.79 Å². The van der Waals surface area contributed by atoms with Gasteiger partial charge in [0.2, 0.25) is 5.91 Å². The zero-order chi connectivity index (χ0) is 14.4. The second-order valence-electron chi connectivity index (χ2n) is 3.75. The number of aromatic carboxylic acids is 1. The Kier molecular flexibility index (Phi) is 4.67. The number of anilines is 1. The van der Waals surface area contributed by atoms with Crippen LogP contribution in [0, 0.1) is 0 Å². The lowest BCUT2D eigenvalue weighted by molar-refractivity contribution is -0.113. The van der Waals surface area contributed by atoms with Crippen LogP contribution in [0.4, 0.5) is 5.69 Å². The minimum atomic E-state index is -1.13. The molecule has 0 aliphatic heterocycles. The highest BCUT2D eigenvalue weighted by molar-refractivity contribution is 8.00. The summed E-state index contributed by atoms with van der Waals surface area (Å²) in [6.45, 7) is 0. The van der Waals surface area contributed by atoms with E-state index in [1.807, 2.05) is 12.1 Å². The third kappa shape index (κ3) is 4.06. The van der Waals surface area contributed by atoms with Gasteiger partial charge in [0, 0.05) is 29.2 Å². The molecule has 0 aromatic carbocycles. The molecule has 0 unspecified atom stereocenters. The molecule has 2 heterocycles. The Morgan fingerprint density at radius 3 is 2.65 bits per heavy atom. The predicted octanol–water partition coefficient (Wildman–Crippen LogP) is 1.91. The molecule has 2 N–H and O–H groups in total. The quantitative estimate of drug-likeness (QED) is 0.817. The molecule has 102 valence electrons. The van der Waals surface area contributed by atoms with Crippen LogP contribution < -0.4 is 5.32 Å². The van der Waals surface area contributed by atoms with E-state index in [4.69, 9.17) is 5.11 Å². The highest BCUT2D eigenvalue weighted by Gasteiger charge is 2.08. The fraction of sp³-hybridized carbons (Fsp3) is 0.0769. The number of pyridine rings is 2. The Bertz CT molecular complexity index is 619. The van der Waals surface area contributed by atoms with Crippen LogP contribution in [0.5, 0.6) is 0 Å². The molecule has 2 aromatic heterocycles. The number of aromatic nitrogens is 2. The summed E-state index contributed by atoms with van der Waals surface area (Å²) in [5.41, 5.74) is 0.308. The van der Waals surface area contributed by atoms with Gasteiger partial charge in [0.15, 0.2) is 0 Å². The van der Waals surface area contributed by atoms with Crippen molar-refractivity contribution in [3.8, 4) is 0 Å². The van der Waals surface area contributed by atoms with Gasteiger partial charge in [-0.1, -0.05) is 0 Å². The van der Waals surface area contributed by atoms with E-state index >= 15 is 0 Å². The van der Waals surface area contributed by atoms with Gasteiger partial charge in [-0.25, -0.2) is 9.78 Å². The summed E-state index contributed by atoms with van der Waals surface area (Å²) in [5.74, 6) is -1.11. The molecule has 0 spiro atoms. The molecular weight excluding hydrogens is 278 g/mol. The molecule has 0 aliphatic rings. The van der Waals surface area contributed by atoms with Gasteiger partial charge in [0.05, 0.1) is 5.75 Å². The Morgan fingerprint density at radius 2 is 1.95 bits per heavy atom. The van der Waals surface area contributed by atoms with Crippen molar-refractivity contribution in [3.63, 3.8) is 0 Å². The van der Waals surface area contributed by atoms with Crippen molar-refractivity contribution in [3.05, 3.63) is 48.5 Å². The molecule has 0 bridgehead atoms. The van der Waals surface area contributed by atoms with Gasteiger partial charge in [-0.3, -0.25) is 9.78 Å². The van der Waals surface area contributed by atoms with E-state index in [1.54, 1.807) is 18.5 Å². The first-order chi connectivity index (χ1) is 9.65. The Balaban J connectivity index is 1.91. The van der Waals surface area contributed by atoms with Crippen LogP contribution in [0.3, 0.4) is 0 Å². The van der Waals surface area contributed by atoms with E-state index < -0.39 is 5.97 Å². The zero-order valence-corrected chi connectivity index (χ0v) is 11.1. The molecule has 0 saturated heterocycles. The van der Waals surface area contributed by atoms with Crippen molar-refractivity contribution in [1.29, 1.82) is 0 Å². The zero-order valence-electron chi connectivity index (χ0n) is 10.3. The number of carbonyl (C=O) groups is 2. The van der Waals surface area contributed by atoms with Crippen LogP contribution in [0.15, 0.2) is 47.8 Å². The van der Waals surface area contributed by atoms with E-state index in [9.17, 15) is 9.59 Å². The van der Waals surface area contributed by atoms with Gasteiger partial charge in [-0.15, -0.1) is 11.8 Å². The molecule has 6 nitrogen and oxygen atoms in total. The highest BCUT2D eigenvalue weighted by Crippen LogP contribution is 2.16. The van der Waals surface area contributed by atoms with Crippen molar-refractivity contribution >= 4 is 29.3 Å². The summed E-state index contributed by atoms with van der Waals surface area (Å²) in [4.78, 5) is 31.0. The predicted molar refractivity (Wildman–Crippen MR) is 74.8 cm³/mol. The molecule has 0 saturated carbocycles. The molecule has 1 amide bonds. The topological polar surface area (TPSA) is 92.2 Å². The van der Waals surface area contributed by atoms with Gasteiger partial charge in [-0.2, -0.15) is 0 Å². The Labute approximate surface area is 119 Å². The van der Waals surface area contributed by atoms with E-state index in [2.05, 4.69) is 15.3 Å². The second-order valence-corrected chi connectivity index (χ2v) is 4.80. The number of rotatable bonds is 5. The number of carboxylic acids is 1. The highest BCUT2D eigenvalue weighted by atomic mass is 32.2. The average molecular weight is 289 g/mol. The lowest BCUT2D eigenvalue weighted by Gasteiger charge is -2.05. The largest absolute Gasteiger partial charge is 0.477 e. The summed E-state index contributed by atoms with van der Waals surface area (Å²) >= 11 is 1.37. The molecule has 0 atom stereocenters. The number of amides is 1. The molecule has 0 aliphatic carbocycles. The van der Waals surface area contributed by atoms with Crippen molar-refractivity contribution in [1.82, 2.24) is 9.97 Å². The number of carbonyl (C=O) groups excluding carboxylic acids is 1. The minimum Gasteiger partial charge on any atom is -0.477 e. The first-order valence-corrected chi connectivity index (χ1v) is 6.66. The van der Waals surface area contributed by atoms with Crippen LogP contribution in [0.2, 0.25) is 0 Å². The molecule has 2 aromatic rings. The summed E-state index contributed by atoms with van der Waals surface area (Å²) in [5, 5.41) is 11.4. The van der Waals surface area contributed by atoms with Crippen molar-refractivity contribution in [2.75, 3.05) is 11.1 Å². The second kappa shape index (κ2) is 6.67. The fourth-order valence-electron chi connectivity index (χ4n) is 1.41. The Hall–Kier alpha value is -2.41. The molecule has 0 fully saturated rings. The lowest BCUT2D eigenvalue weighted by atomic mass is 10.3. The number of thioether (sulfide) groups is 1. The first-order valence-electron chi connectivity index (χ1n) is 5.67. The van der Waals surface area contributed by atoms with Crippen molar-refractivity contribution in [2.45, 2.75) is 4.90 Å². The van der Waals surface area contributed by atoms with Gasteiger partial charge in [0.25, 0.3) is 0 Å². The normalized spacial score (nSPS) is 10.0. The molecule has 7 heteroatoms. The van der Waals surface area contributed by atoms with Gasteiger partial charge in [0.1, 0.15) is 5.69 Å². The third-order valence-electron chi connectivity index (χ3n) is 2.28. The summed E-state index contributed by atoms with van der Waals surface area (Å²) < 4.78 is 0. The first kappa shape index (κ1) is 14.0. The van der Waals surface area contributed by atoms with Gasteiger partial charge < -0.3 is 10.4 Å². The maximum absolute atomic E-state index is 11.8. The summed E-state index contributed by atoms with van der Waals surface area (Å²) in [6, 6.07) is 6.48. The Morgan fingerprint density at radius 1 is 1.20 bits per heavy atom. The molecule has 20 heavy (non-hydrogen) atoms. The van der Waals surface area contributed by atoms with E-state index in [1.165, 1.54) is 24.0 Å². The number of hydrogen-bond donors (Lipinski definition) is 2. The standard InChI is InChI=1S/C13H11N3O3S/c17-12(8-20-10-2-4-14-5-3-10)16-9-1-6-15-11(7-9)13(18)19/h1-7H,8H2,(H,18,19)(H,15,16,17). The van der Waals surface area contributed by atoms with E-state index in [0.717, 1.165) is 4.90 Å². The van der Waals surface area contributed by atoms with E-state index in [-0.39, 0.29) is 17.4 Å². The number of carboxylic acid groups (broad SMARTS) is 1. The van der Waals surface area contributed by atoms with Crippen LogP contribution in [-0.4, -0.2) is 32.7 Å². The number of nitrogens with zero attached hydrogens (tertiary/aromatic N) is 2. The van der Waals surface area contributed by atoms with Gasteiger partial charge in [-0.05, 0) is 24.3 Å². The third-order valence-corrected chi connectivity index (χ3v) is 3.29. The van der Waals surface area contributed by atoms with Crippen LogP contribution in [0.1, 0.15) is 10.5 Å². The monoisotopic (exact) mass is 289 g/mol. The summed E-state index contributed by atoms with van der Waals surface area (Å²) in [7, 11) is 0. The lowest BCUT2D eigenvalue weighted by Crippen LogP contribution is -2.14. The molecule has 2 rings (SSSR count). The fourth-order valence-corrected chi connectivity index (χ4v) is 2.09. The minimum absolute atomic E-state index is 0.107. The SMILES string of the molecule is O=C(CSc1ccncc1)Nc1ccnc(C(=O)O)c1. The molecule has 0 radical (unpaired) electrons. The maximum atomic E-state index is 11.8. The van der Waals surface area contributed by atoms with Crippen LogP contribution in [0.25, 0.3) is 0 Å². The summed E-state index contributed by atoms with van der Waals surface area (Å²) in [6.07, 6.45) is 4.65.